The van der Waals surface area contributed by atoms with Gasteiger partial charge in [0.2, 0.25) is 0 Å². The molecular formula is C25H24N2O5. The van der Waals surface area contributed by atoms with Crippen LogP contribution in [0, 0.1) is 13.8 Å². The van der Waals surface area contributed by atoms with E-state index >= 15 is 0 Å². The Labute approximate surface area is 186 Å². The van der Waals surface area contributed by atoms with Crippen molar-refractivity contribution in [2.75, 3.05) is 14.2 Å². The molecule has 0 aliphatic heterocycles. The lowest BCUT2D eigenvalue weighted by Crippen LogP contribution is -2.18. The highest BCUT2D eigenvalue weighted by Gasteiger charge is 2.13. The van der Waals surface area contributed by atoms with Crippen molar-refractivity contribution in [3.8, 4) is 17.2 Å². The smallest absolute Gasteiger partial charge is 0.343 e. The maximum Gasteiger partial charge on any atom is 0.343 e. The van der Waals surface area contributed by atoms with Crippen LogP contribution in [0.15, 0.2) is 65.8 Å². The second-order valence-corrected chi connectivity index (χ2v) is 7.07. The molecule has 0 aliphatic rings. The normalized spacial score (nSPS) is 10.6. The number of carbonyl (C=O) groups is 2. The molecule has 0 saturated heterocycles. The highest BCUT2D eigenvalue weighted by Crippen LogP contribution is 2.28. The zero-order chi connectivity index (χ0) is 23.1. The van der Waals surface area contributed by atoms with Gasteiger partial charge in [0.15, 0.2) is 11.5 Å². The summed E-state index contributed by atoms with van der Waals surface area (Å²) in [4.78, 5) is 24.8. The number of hydrogen-bond acceptors (Lipinski definition) is 6. The van der Waals surface area contributed by atoms with Crippen LogP contribution in [0.2, 0.25) is 0 Å². The fourth-order valence-corrected chi connectivity index (χ4v) is 2.91. The Balaban J connectivity index is 1.69. The van der Waals surface area contributed by atoms with Gasteiger partial charge >= 0.3 is 5.97 Å². The third kappa shape index (κ3) is 5.51. The van der Waals surface area contributed by atoms with Gasteiger partial charge in [0.05, 0.1) is 31.6 Å². The summed E-state index contributed by atoms with van der Waals surface area (Å²) >= 11 is 0. The first kappa shape index (κ1) is 22.6. The van der Waals surface area contributed by atoms with Crippen LogP contribution in [0.5, 0.6) is 17.2 Å². The van der Waals surface area contributed by atoms with Crippen LogP contribution in [0.4, 0.5) is 0 Å². The fourth-order valence-electron chi connectivity index (χ4n) is 2.91. The molecule has 3 aromatic carbocycles. The maximum atomic E-state index is 12.4. The van der Waals surface area contributed by atoms with Crippen LogP contribution >= 0.6 is 0 Å². The van der Waals surface area contributed by atoms with E-state index in [4.69, 9.17) is 14.2 Å². The van der Waals surface area contributed by atoms with Crippen LogP contribution in [0.1, 0.15) is 37.4 Å². The lowest BCUT2D eigenvalue weighted by molar-refractivity contribution is 0.0729. The van der Waals surface area contributed by atoms with Gasteiger partial charge in [-0.3, -0.25) is 4.79 Å². The van der Waals surface area contributed by atoms with E-state index in [-0.39, 0.29) is 5.75 Å². The number of nitrogens with one attached hydrogen (secondary N) is 1. The molecule has 0 spiro atoms. The molecule has 0 heterocycles. The number of hydrogen-bond donors (Lipinski definition) is 1. The van der Waals surface area contributed by atoms with Crippen molar-refractivity contribution in [3.63, 3.8) is 0 Å². The number of methoxy groups -OCH3 is 2. The van der Waals surface area contributed by atoms with Gasteiger partial charge in [0.25, 0.3) is 5.91 Å². The molecule has 0 unspecified atom stereocenters. The van der Waals surface area contributed by atoms with Gasteiger partial charge in [0, 0.05) is 0 Å². The summed E-state index contributed by atoms with van der Waals surface area (Å²) in [5.74, 6) is 0.237. The highest BCUT2D eigenvalue weighted by atomic mass is 16.6. The summed E-state index contributed by atoms with van der Waals surface area (Å²) in [7, 11) is 2.99. The van der Waals surface area contributed by atoms with Crippen molar-refractivity contribution >= 4 is 18.1 Å². The number of ether oxygens (including phenoxy) is 3. The third-order valence-corrected chi connectivity index (χ3v) is 4.66. The summed E-state index contributed by atoms with van der Waals surface area (Å²) in [6, 6.07) is 17.3. The molecule has 0 atom stereocenters. The Kier molecular flexibility index (Phi) is 7.23. The summed E-state index contributed by atoms with van der Waals surface area (Å²) in [5.41, 5.74) is 5.98. The van der Waals surface area contributed by atoms with E-state index in [0.29, 0.717) is 28.2 Å². The van der Waals surface area contributed by atoms with Crippen LogP contribution < -0.4 is 19.6 Å². The van der Waals surface area contributed by atoms with E-state index in [2.05, 4.69) is 10.5 Å². The largest absolute Gasteiger partial charge is 0.496 e. The second kappa shape index (κ2) is 10.3. The molecule has 0 radical (unpaired) electrons. The van der Waals surface area contributed by atoms with Gasteiger partial charge in [-0.15, -0.1) is 0 Å². The van der Waals surface area contributed by atoms with E-state index < -0.39 is 11.9 Å². The lowest BCUT2D eigenvalue weighted by atomic mass is 10.1. The number of carbonyl (C=O) groups excluding carboxylic acids is 2. The Hall–Kier alpha value is -4.13. The molecule has 0 bridgehead atoms. The summed E-state index contributed by atoms with van der Waals surface area (Å²) in [6.07, 6.45) is 1.46. The third-order valence-electron chi connectivity index (χ3n) is 4.66. The van der Waals surface area contributed by atoms with E-state index in [0.717, 1.165) is 11.1 Å². The number of nitrogens with zero attached hydrogens (tertiary/aromatic N) is 1. The lowest BCUT2D eigenvalue weighted by Gasteiger charge is -2.10. The minimum atomic E-state index is -0.482. The van der Waals surface area contributed by atoms with E-state index in [9.17, 15) is 9.59 Å². The van der Waals surface area contributed by atoms with Crippen molar-refractivity contribution in [2.45, 2.75) is 13.8 Å². The van der Waals surface area contributed by atoms with Gasteiger partial charge in [0.1, 0.15) is 5.75 Å². The molecule has 7 heteroatoms. The topological polar surface area (TPSA) is 86.2 Å². The SMILES string of the molecule is COc1cc(/C=N\NC(=O)c2ccc(C)cc2OC)ccc1OC(=O)c1ccc(C)cc1. The molecule has 3 rings (SSSR count). The van der Waals surface area contributed by atoms with E-state index in [1.54, 1.807) is 42.5 Å². The Morgan fingerprint density at radius 1 is 0.812 bits per heavy atom. The number of benzene rings is 3. The zero-order valence-electron chi connectivity index (χ0n) is 18.3. The molecule has 0 aromatic heterocycles. The first-order valence-electron chi connectivity index (χ1n) is 9.86. The van der Waals surface area contributed by atoms with Crippen molar-refractivity contribution in [2.24, 2.45) is 5.10 Å². The predicted molar refractivity (Wildman–Crippen MR) is 122 cm³/mol. The molecule has 0 aliphatic carbocycles. The average Bonchev–Trinajstić information content (AvgIpc) is 2.80. The Morgan fingerprint density at radius 3 is 2.19 bits per heavy atom. The predicted octanol–water partition coefficient (Wildman–Crippen LogP) is 4.30. The molecule has 3 aromatic rings. The fraction of sp³-hybridized carbons (Fsp3) is 0.160. The molecule has 0 saturated carbocycles. The monoisotopic (exact) mass is 432 g/mol. The van der Waals surface area contributed by atoms with Crippen molar-refractivity contribution < 1.29 is 23.8 Å². The quantitative estimate of drug-likeness (QED) is 0.260. The van der Waals surface area contributed by atoms with Gasteiger partial charge in [-0.2, -0.15) is 5.10 Å². The van der Waals surface area contributed by atoms with Crippen molar-refractivity contribution in [1.29, 1.82) is 0 Å². The number of aryl methyl sites for hydroxylation is 2. The molecule has 32 heavy (non-hydrogen) atoms. The van der Waals surface area contributed by atoms with Gasteiger partial charge in [-0.25, -0.2) is 10.2 Å². The van der Waals surface area contributed by atoms with Crippen LogP contribution in [0.3, 0.4) is 0 Å². The molecule has 164 valence electrons. The minimum absolute atomic E-state index is 0.281. The minimum Gasteiger partial charge on any atom is -0.496 e. The number of hydrazone groups is 1. The molecule has 1 amide bonds. The molecule has 1 N–H and O–H groups in total. The Bertz CT molecular complexity index is 1150. The zero-order valence-corrected chi connectivity index (χ0v) is 18.3. The molecule has 7 nitrogen and oxygen atoms in total. The highest BCUT2D eigenvalue weighted by molar-refractivity contribution is 5.97. The second-order valence-electron chi connectivity index (χ2n) is 7.07. The summed E-state index contributed by atoms with van der Waals surface area (Å²) in [6.45, 7) is 3.86. The summed E-state index contributed by atoms with van der Waals surface area (Å²) in [5, 5.41) is 3.99. The van der Waals surface area contributed by atoms with Gasteiger partial charge < -0.3 is 14.2 Å². The van der Waals surface area contributed by atoms with Crippen LogP contribution in [-0.2, 0) is 0 Å². The van der Waals surface area contributed by atoms with Gasteiger partial charge in [-0.05, 0) is 67.4 Å². The molecular weight excluding hydrogens is 408 g/mol. The maximum absolute atomic E-state index is 12.4. The molecule has 0 fully saturated rings. The summed E-state index contributed by atoms with van der Waals surface area (Å²) < 4.78 is 16.1. The van der Waals surface area contributed by atoms with E-state index in [1.165, 1.54) is 20.4 Å². The van der Waals surface area contributed by atoms with Gasteiger partial charge in [-0.1, -0.05) is 23.8 Å². The Morgan fingerprint density at radius 2 is 1.50 bits per heavy atom. The van der Waals surface area contributed by atoms with Crippen molar-refractivity contribution in [1.82, 2.24) is 5.43 Å². The van der Waals surface area contributed by atoms with Crippen molar-refractivity contribution in [3.05, 3.63) is 88.5 Å². The average molecular weight is 432 g/mol. The standard InChI is InChI=1S/C25H24N2O5/c1-16-5-9-19(10-6-16)25(29)32-21-12-8-18(14-23(21)31-4)15-26-27-24(28)20-11-7-17(2)13-22(20)30-3/h5-15H,1-4H3,(H,27,28)/b26-15-. The van der Waals surface area contributed by atoms with Crippen LogP contribution in [0.25, 0.3) is 0 Å². The van der Waals surface area contributed by atoms with E-state index in [1.807, 2.05) is 32.0 Å². The number of rotatable bonds is 7. The van der Waals surface area contributed by atoms with Crippen LogP contribution in [-0.4, -0.2) is 32.3 Å². The number of esters is 1. The number of amides is 1. The first-order valence-corrected chi connectivity index (χ1v) is 9.86. The first-order chi connectivity index (χ1) is 15.4.